The van der Waals surface area contributed by atoms with E-state index >= 15 is 0 Å². The predicted octanol–water partition coefficient (Wildman–Crippen LogP) is 3.05. The molecule has 3 aromatic rings. The van der Waals surface area contributed by atoms with Crippen molar-refractivity contribution in [3.63, 3.8) is 0 Å². The number of anilines is 1. The second-order valence-electron chi connectivity index (χ2n) is 7.35. The molecule has 1 amide bonds. The highest BCUT2D eigenvalue weighted by Crippen LogP contribution is 2.24. The first-order valence-corrected chi connectivity index (χ1v) is 10.3. The van der Waals surface area contributed by atoms with E-state index in [1.54, 1.807) is 20.5 Å². The fourth-order valence-electron chi connectivity index (χ4n) is 3.75. The van der Waals surface area contributed by atoms with E-state index in [0.29, 0.717) is 19.5 Å². The van der Waals surface area contributed by atoms with Gasteiger partial charge in [-0.15, -0.1) is 0 Å². The maximum absolute atomic E-state index is 12.8. The number of benzene rings is 2. The lowest BCUT2D eigenvalue weighted by atomic mass is 10.1. The molecule has 0 N–H and O–H groups in total. The van der Waals surface area contributed by atoms with E-state index in [-0.39, 0.29) is 5.91 Å². The van der Waals surface area contributed by atoms with Gasteiger partial charge in [0.2, 0.25) is 5.91 Å². The number of para-hydroxylation sites is 1. The van der Waals surface area contributed by atoms with Crippen LogP contribution >= 0.6 is 0 Å². The van der Waals surface area contributed by atoms with Gasteiger partial charge < -0.3 is 19.3 Å². The Kier molecular flexibility index (Phi) is 6.31. The SMILES string of the molecule is COc1ccc(-c2cc(N3CCN(C(=O)Cc4ccccc4OC)CC3)ncn2)cc1. The number of nitrogens with zero attached hydrogens (tertiary/aromatic N) is 4. The van der Waals surface area contributed by atoms with E-state index in [1.165, 1.54) is 0 Å². The molecule has 1 fully saturated rings. The number of carbonyl (C=O) groups excluding carboxylic acids is 1. The van der Waals surface area contributed by atoms with Crippen molar-refractivity contribution in [2.45, 2.75) is 6.42 Å². The second-order valence-corrected chi connectivity index (χ2v) is 7.35. The van der Waals surface area contributed by atoms with Crippen LogP contribution in [0.1, 0.15) is 5.56 Å². The van der Waals surface area contributed by atoms with Crippen molar-refractivity contribution in [3.8, 4) is 22.8 Å². The molecule has 31 heavy (non-hydrogen) atoms. The first kappa shape index (κ1) is 20.7. The third-order valence-electron chi connectivity index (χ3n) is 5.53. The van der Waals surface area contributed by atoms with Gasteiger partial charge in [0, 0.05) is 43.4 Å². The van der Waals surface area contributed by atoms with Gasteiger partial charge in [-0.1, -0.05) is 18.2 Å². The monoisotopic (exact) mass is 418 g/mol. The molecule has 160 valence electrons. The Morgan fingerprint density at radius 2 is 1.68 bits per heavy atom. The van der Waals surface area contributed by atoms with Gasteiger partial charge in [0.25, 0.3) is 0 Å². The van der Waals surface area contributed by atoms with Crippen molar-refractivity contribution < 1.29 is 14.3 Å². The Labute approximate surface area is 182 Å². The van der Waals surface area contributed by atoms with E-state index in [4.69, 9.17) is 9.47 Å². The van der Waals surface area contributed by atoms with Crippen molar-refractivity contribution in [3.05, 3.63) is 66.5 Å². The Bertz CT molecular complexity index is 1030. The maximum atomic E-state index is 12.8. The summed E-state index contributed by atoms with van der Waals surface area (Å²) >= 11 is 0. The van der Waals surface area contributed by atoms with Crippen LogP contribution in [0.5, 0.6) is 11.5 Å². The topological polar surface area (TPSA) is 67.8 Å². The molecule has 7 nitrogen and oxygen atoms in total. The minimum atomic E-state index is 0.116. The zero-order valence-electron chi connectivity index (χ0n) is 17.8. The quantitative estimate of drug-likeness (QED) is 0.613. The largest absolute Gasteiger partial charge is 0.497 e. The van der Waals surface area contributed by atoms with Gasteiger partial charge in [-0.05, 0) is 30.3 Å². The van der Waals surface area contributed by atoms with Crippen molar-refractivity contribution in [1.29, 1.82) is 0 Å². The van der Waals surface area contributed by atoms with E-state index in [1.807, 2.05) is 59.5 Å². The van der Waals surface area contributed by atoms with Crippen LogP contribution in [-0.4, -0.2) is 61.2 Å². The molecule has 0 atom stereocenters. The summed E-state index contributed by atoms with van der Waals surface area (Å²) in [5, 5.41) is 0. The average Bonchev–Trinajstić information content (AvgIpc) is 2.84. The van der Waals surface area contributed by atoms with E-state index in [2.05, 4.69) is 14.9 Å². The molecular weight excluding hydrogens is 392 g/mol. The number of carbonyl (C=O) groups is 1. The summed E-state index contributed by atoms with van der Waals surface area (Å²) in [7, 11) is 3.28. The first-order chi connectivity index (χ1) is 15.2. The Morgan fingerprint density at radius 1 is 0.935 bits per heavy atom. The zero-order chi connectivity index (χ0) is 21.6. The fourth-order valence-corrected chi connectivity index (χ4v) is 3.75. The molecule has 0 unspecified atom stereocenters. The maximum Gasteiger partial charge on any atom is 0.227 e. The summed E-state index contributed by atoms with van der Waals surface area (Å²) in [6, 6.07) is 17.5. The van der Waals surface area contributed by atoms with Crippen LogP contribution in [0.15, 0.2) is 60.9 Å². The first-order valence-electron chi connectivity index (χ1n) is 10.3. The summed E-state index contributed by atoms with van der Waals surface area (Å²) in [5.41, 5.74) is 2.79. The second kappa shape index (κ2) is 9.47. The van der Waals surface area contributed by atoms with Crippen molar-refractivity contribution in [1.82, 2.24) is 14.9 Å². The molecule has 1 saturated heterocycles. The van der Waals surface area contributed by atoms with Crippen molar-refractivity contribution in [2.75, 3.05) is 45.3 Å². The standard InChI is InChI=1S/C24H26N4O3/c1-30-20-9-7-18(8-10-20)21-16-23(26-17-25-21)27-11-13-28(14-12-27)24(29)15-19-5-3-4-6-22(19)31-2/h3-10,16-17H,11-15H2,1-2H3. The molecule has 0 saturated carbocycles. The predicted molar refractivity (Wildman–Crippen MR) is 120 cm³/mol. The summed E-state index contributed by atoms with van der Waals surface area (Å²) in [5.74, 6) is 2.55. The van der Waals surface area contributed by atoms with Crippen LogP contribution in [0.25, 0.3) is 11.3 Å². The van der Waals surface area contributed by atoms with E-state index < -0.39 is 0 Å². The number of ether oxygens (including phenoxy) is 2. The van der Waals surface area contributed by atoms with Crippen LogP contribution in [0.2, 0.25) is 0 Å². The number of aromatic nitrogens is 2. The van der Waals surface area contributed by atoms with Crippen LogP contribution in [0, 0.1) is 0 Å². The van der Waals surface area contributed by atoms with Gasteiger partial charge in [-0.25, -0.2) is 9.97 Å². The third-order valence-corrected chi connectivity index (χ3v) is 5.53. The van der Waals surface area contributed by atoms with E-state index in [0.717, 1.165) is 47.2 Å². The lowest BCUT2D eigenvalue weighted by Gasteiger charge is -2.35. The molecule has 1 aliphatic heterocycles. The lowest BCUT2D eigenvalue weighted by Crippen LogP contribution is -2.49. The highest BCUT2D eigenvalue weighted by Gasteiger charge is 2.23. The van der Waals surface area contributed by atoms with Crippen molar-refractivity contribution in [2.24, 2.45) is 0 Å². The molecule has 4 rings (SSSR count). The summed E-state index contributed by atoms with van der Waals surface area (Å²) in [6.45, 7) is 2.79. The Morgan fingerprint density at radius 3 is 2.39 bits per heavy atom. The van der Waals surface area contributed by atoms with Gasteiger partial charge in [-0.2, -0.15) is 0 Å². The van der Waals surface area contributed by atoms with Gasteiger partial charge in [0.15, 0.2) is 0 Å². The molecule has 1 aliphatic rings. The molecule has 1 aromatic heterocycles. The molecule has 0 bridgehead atoms. The number of piperazine rings is 1. The lowest BCUT2D eigenvalue weighted by molar-refractivity contribution is -0.130. The molecule has 0 spiro atoms. The number of hydrogen-bond acceptors (Lipinski definition) is 6. The number of methoxy groups -OCH3 is 2. The normalized spacial score (nSPS) is 13.7. The number of rotatable bonds is 6. The minimum absolute atomic E-state index is 0.116. The molecular formula is C24H26N4O3. The number of amides is 1. The average molecular weight is 418 g/mol. The highest BCUT2D eigenvalue weighted by atomic mass is 16.5. The van der Waals surface area contributed by atoms with E-state index in [9.17, 15) is 4.79 Å². The van der Waals surface area contributed by atoms with Crippen LogP contribution in [0.4, 0.5) is 5.82 Å². The molecule has 0 aliphatic carbocycles. The minimum Gasteiger partial charge on any atom is -0.497 e. The third kappa shape index (κ3) is 4.77. The van der Waals surface area contributed by atoms with Gasteiger partial charge in [0.1, 0.15) is 23.6 Å². The molecule has 2 aromatic carbocycles. The molecule has 0 radical (unpaired) electrons. The molecule has 2 heterocycles. The fraction of sp³-hybridized carbons (Fsp3) is 0.292. The summed E-state index contributed by atoms with van der Waals surface area (Å²) in [6.07, 6.45) is 1.94. The summed E-state index contributed by atoms with van der Waals surface area (Å²) < 4.78 is 10.6. The summed E-state index contributed by atoms with van der Waals surface area (Å²) in [4.78, 5) is 25.8. The van der Waals surface area contributed by atoms with Crippen molar-refractivity contribution >= 4 is 11.7 Å². The smallest absolute Gasteiger partial charge is 0.227 e. The van der Waals surface area contributed by atoms with Gasteiger partial charge in [-0.3, -0.25) is 4.79 Å². The van der Waals surface area contributed by atoms with Gasteiger partial charge >= 0.3 is 0 Å². The zero-order valence-corrected chi connectivity index (χ0v) is 17.8. The number of hydrogen-bond donors (Lipinski definition) is 0. The Balaban J connectivity index is 1.39. The van der Waals surface area contributed by atoms with Crippen LogP contribution in [-0.2, 0) is 11.2 Å². The highest BCUT2D eigenvalue weighted by molar-refractivity contribution is 5.80. The van der Waals surface area contributed by atoms with Crippen LogP contribution in [0.3, 0.4) is 0 Å². The van der Waals surface area contributed by atoms with Gasteiger partial charge in [0.05, 0.1) is 26.3 Å². The molecule has 7 heteroatoms. The Hall–Kier alpha value is -3.61. The van der Waals surface area contributed by atoms with Crippen LogP contribution < -0.4 is 14.4 Å².